The second-order valence-corrected chi connectivity index (χ2v) is 4.50. The molecular weight excluding hydrogens is 224 g/mol. The molecule has 2 N–H and O–H groups in total. The second kappa shape index (κ2) is 5.65. The number of aromatic hydroxyl groups is 1. The van der Waals surface area contributed by atoms with Crippen molar-refractivity contribution in [2.24, 2.45) is 0 Å². The van der Waals surface area contributed by atoms with Gasteiger partial charge in [-0.15, -0.1) is 0 Å². The Hall–Kier alpha value is -1.87. The first-order valence-electron chi connectivity index (χ1n) is 6.06. The van der Waals surface area contributed by atoms with Crippen molar-refractivity contribution >= 4 is 0 Å². The molecule has 0 unspecified atom stereocenters. The maximum Gasteiger partial charge on any atom is 0.121 e. The maximum atomic E-state index is 9.70. The molecule has 0 aliphatic heterocycles. The lowest BCUT2D eigenvalue weighted by Crippen LogP contribution is -2.13. The van der Waals surface area contributed by atoms with Crippen molar-refractivity contribution in [2.45, 2.75) is 26.9 Å². The van der Waals surface area contributed by atoms with E-state index in [4.69, 9.17) is 0 Å². The minimum absolute atomic E-state index is 0.392. The van der Waals surface area contributed by atoms with Gasteiger partial charge < -0.3 is 10.4 Å². The molecule has 1 heterocycles. The van der Waals surface area contributed by atoms with E-state index in [0.29, 0.717) is 5.75 Å². The topological polar surface area (TPSA) is 45.2 Å². The molecule has 0 atom stereocenters. The van der Waals surface area contributed by atoms with Crippen LogP contribution in [0.2, 0.25) is 0 Å². The Morgan fingerprint density at radius 2 is 1.83 bits per heavy atom. The molecule has 2 rings (SSSR count). The van der Waals surface area contributed by atoms with E-state index in [1.807, 2.05) is 44.2 Å². The Labute approximate surface area is 108 Å². The van der Waals surface area contributed by atoms with Crippen LogP contribution >= 0.6 is 0 Å². The number of phenolic OH excluding ortho intramolecular Hbond substituents is 1. The van der Waals surface area contributed by atoms with Gasteiger partial charge in [0.2, 0.25) is 0 Å². The number of hydrogen-bond acceptors (Lipinski definition) is 3. The Bertz CT molecular complexity index is 500. The van der Waals surface area contributed by atoms with Gasteiger partial charge in [0.1, 0.15) is 5.75 Å². The number of hydrogen-bond donors (Lipinski definition) is 2. The lowest BCUT2D eigenvalue weighted by atomic mass is 10.1. The third-order valence-electron chi connectivity index (χ3n) is 2.91. The standard InChI is InChI=1S/C15H18N2O/c1-11-7-13(8-12(2)15(11)18)9-16-10-14-5-3-4-6-17-14/h3-8,16,18H,9-10H2,1-2H3. The van der Waals surface area contributed by atoms with E-state index in [1.165, 1.54) is 5.56 Å². The molecule has 2 aromatic rings. The number of phenols is 1. The molecular formula is C15H18N2O. The zero-order valence-corrected chi connectivity index (χ0v) is 10.8. The monoisotopic (exact) mass is 242 g/mol. The SMILES string of the molecule is Cc1cc(CNCc2ccccn2)cc(C)c1O. The normalized spacial score (nSPS) is 10.6. The van der Waals surface area contributed by atoms with E-state index in [-0.39, 0.29) is 0 Å². The molecule has 0 amide bonds. The summed E-state index contributed by atoms with van der Waals surface area (Å²) in [4.78, 5) is 4.26. The molecule has 1 aromatic heterocycles. The van der Waals surface area contributed by atoms with Gasteiger partial charge in [0.15, 0.2) is 0 Å². The third kappa shape index (κ3) is 3.08. The first-order valence-corrected chi connectivity index (χ1v) is 6.06. The molecule has 1 aromatic carbocycles. The highest BCUT2D eigenvalue weighted by Gasteiger charge is 2.03. The van der Waals surface area contributed by atoms with E-state index in [1.54, 1.807) is 6.20 Å². The van der Waals surface area contributed by atoms with Gasteiger partial charge in [0.05, 0.1) is 5.69 Å². The van der Waals surface area contributed by atoms with E-state index < -0.39 is 0 Å². The fourth-order valence-corrected chi connectivity index (χ4v) is 1.99. The summed E-state index contributed by atoms with van der Waals surface area (Å²) in [6.45, 7) is 5.37. The molecule has 18 heavy (non-hydrogen) atoms. The van der Waals surface area contributed by atoms with Gasteiger partial charge in [0, 0.05) is 19.3 Å². The minimum Gasteiger partial charge on any atom is -0.507 e. The quantitative estimate of drug-likeness (QED) is 0.866. The molecule has 0 spiro atoms. The Morgan fingerprint density at radius 1 is 1.11 bits per heavy atom. The largest absolute Gasteiger partial charge is 0.507 e. The summed E-state index contributed by atoms with van der Waals surface area (Å²) in [6, 6.07) is 9.91. The summed E-state index contributed by atoms with van der Waals surface area (Å²) in [5.74, 6) is 0.392. The van der Waals surface area contributed by atoms with Crippen LogP contribution in [0.5, 0.6) is 5.75 Å². The number of rotatable bonds is 4. The lowest BCUT2D eigenvalue weighted by Gasteiger charge is -2.09. The molecule has 0 saturated heterocycles. The predicted molar refractivity (Wildman–Crippen MR) is 72.4 cm³/mol. The number of aryl methyl sites for hydroxylation is 2. The highest BCUT2D eigenvalue weighted by molar-refractivity contribution is 5.42. The van der Waals surface area contributed by atoms with Crippen LogP contribution in [0, 0.1) is 13.8 Å². The third-order valence-corrected chi connectivity index (χ3v) is 2.91. The van der Waals surface area contributed by atoms with Crippen molar-refractivity contribution in [2.75, 3.05) is 0 Å². The Morgan fingerprint density at radius 3 is 2.44 bits per heavy atom. The Balaban J connectivity index is 1.95. The van der Waals surface area contributed by atoms with Crippen LogP contribution in [-0.4, -0.2) is 10.1 Å². The second-order valence-electron chi connectivity index (χ2n) is 4.50. The van der Waals surface area contributed by atoms with Crippen LogP contribution in [-0.2, 0) is 13.1 Å². The minimum atomic E-state index is 0.392. The summed E-state index contributed by atoms with van der Waals surface area (Å²) >= 11 is 0. The van der Waals surface area contributed by atoms with Crippen molar-refractivity contribution in [3.63, 3.8) is 0 Å². The predicted octanol–water partition coefficient (Wildman–Crippen LogP) is 2.69. The fraction of sp³-hybridized carbons (Fsp3) is 0.267. The van der Waals surface area contributed by atoms with Gasteiger partial charge in [-0.3, -0.25) is 4.98 Å². The smallest absolute Gasteiger partial charge is 0.121 e. The first-order chi connectivity index (χ1) is 8.66. The summed E-state index contributed by atoms with van der Waals surface area (Å²) in [5.41, 5.74) is 4.05. The lowest BCUT2D eigenvalue weighted by molar-refractivity contribution is 0.466. The van der Waals surface area contributed by atoms with E-state index in [9.17, 15) is 5.11 Å². The van der Waals surface area contributed by atoms with Gasteiger partial charge in [-0.1, -0.05) is 18.2 Å². The molecule has 0 aliphatic carbocycles. The van der Waals surface area contributed by atoms with Crippen LogP contribution in [0.15, 0.2) is 36.5 Å². The van der Waals surface area contributed by atoms with Crippen LogP contribution in [0.1, 0.15) is 22.4 Å². The molecule has 0 aliphatic rings. The maximum absolute atomic E-state index is 9.70. The van der Waals surface area contributed by atoms with Gasteiger partial charge in [-0.2, -0.15) is 0 Å². The number of nitrogens with one attached hydrogen (secondary N) is 1. The molecule has 0 fully saturated rings. The zero-order valence-electron chi connectivity index (χ0n) is 10.8. The first kappa shape index (κ1) is 12.6. The molecule has 0 saturated carbocycles. The van der Waals surface area contributed by atoms with E-state index in [0.717, 1.165) is 29.9 Å². The molecule has 0 bridgehead atoms. The van der Waals surface area contributed by atoms with Crippen LogP contribution in [0.4, 0.5) is 0 Å². The van der Waals surface area contributed by atoms with E-state index >= 15 is 0 Å². The average molecular weight is 242 g/mol. The summed E-state index contributed by atoms with van der Waals surface area (Å²) < 4.78 is 0. The molecule has 3 heteroatoms. The number of pyridine rings is 1. The van der Waals surface area contributed by atoms with Crippen LogP contribution in [0.3, 0.4) is 0 Å². The van der Waals surface area contributed by atoms with Crippen LogP contribution in [0.25, 0.3) is 0 Å². The van der Waals surface area contributed by atoms with Crippen molar-refractivity contribution < 1.29 is 5.11 Å². The molecule has 0 radical (unpaired) electrons. The zero-order chi connectivity index (χ0) is 13.0. The fourth-order valence-electron chi connectivity index (χ4n) is 1.99. The number of benzene rings is 1. The van der Waals surface area contributed by atoms with Gasteiger partial charge in [0.25, 0.3) is 0 Å². The van der Waals surface area contributed by atoms with Crippen molar-refractivity contribution in [1.29, 1.82) is 0 Å². The average Bonchev–Trinajstić information content (AvgIpc) is 2.37. The van der Waals surface area contributed by atoms with Gasteiger partial charge in [-0.25, -0.2) is 0 Å². The van der Waals surface area contributed by atoms with Crippen molar-refractivity contribution in [3.05, 3.63) is 58.9 Å². The number of aromatic nitrogens is 1. The van der Waals surface area contributed by atoms with E-state index in [2.05, 4.69) is 10.3 Å². The highest BCUT2D eigenvalue weighted by atomic mass is 16.3. The number of nitrogens with zero attached hydrogens (tertiary/aromatic N) is 1. The summed E-state index contributed by atoms with van der Waals surface area (Å²) in [7, 11) is 0. The summed E-state index contributed by atoms with van der Waals surface area (Å²) in [6.07, 6.45) is 1.80. The molecule has 94 valence electrons. The Kier molecular flexibility index (Phi) is 3.95. The van der Waals surface area contributed by atoms with Gasteiger partial charge >= 0.3 is 0 Å². The van der Waals surface area contributed by atoms with Gasteiger partial charge in [-0.05, 0) is 42.7 Å². The van der Waals surface area contributed by atoms with Crippen molar-refractivity contribution in [1.82, 2.24) is 10.3 Å². The summed E-state index contributed by atoms with van der Waals surface area (Å²) in [5, 5.41) is 13.1. The highest BCUT2D eigenvalue weighted by Crippen LogP contribution is 2.22. The molecule has 3 nitrogen and oxygen atoms in total. The van der Waals surface area contributed by atoms with Crippen LogP contribution < -0.4 is 5.32 Å². The van der Waals surface area contributed by atoms with Crippen molar-refractivity contribution in [3.8, 4) is 5.75 Å².